The Balaban J connectivity index is 2.27. The quantitative estimate of drug-likeness (QED) is 0.591. The van der Waals surface area contributed by atoms with Gasteiger partial charge in [0, 0.05) is 5.69 Å². The summed E-state index contributed by atoms with van der Waals surface area (Å²) in [6, 6.07) is 16.3. The minimum Gasteiger partial charge on any atom is -0.398 e. The molecule has 2 aromatic carbocycles. The van der Waals surface area contributed by atoms with Crippen molar-refractivity contribution in [2.75, 3.05) is 5.73 Å². The van der Waals surface area contributed by atoms with E-state index in [0.717, 1.165) is 11.3 Å². The molecule has 0 amide bonds. The molecule has 0 aliphatic carbocycles. The molecule has 2 rings (SSSR count). The second-order valence-electron chi connectivity index (χ2n) is 3.88. The van der Waals surface area contributed by atoms with Crippen molar-refractivity contribution in [2.45, 2.75) is 6.92 Å². The van der Waals surface area contributed by atoms with Gasteiger partial charge in [-0.25, -0.2) is 0 Å². The summed E-state index contributed by atoms with van der Waals surface area (Å²) >= 11 is 0. The molecule has 16 heavy (non-hydrogen) atoms. The highest BCUT2D eigenvalue weighted by Crippen LogP contribution is 2.16. The van der Waals surface area contributed by atoms with Crippen LogP contribution in [0.25, 0.3) is 12.2 Å². The van der Waals surface area contributed by atoms with Crippen LogP contribution in [0.4, 0.5) is 5.69 Å². The van der Waals surface area contributed by atoms with Crippen molar-refractivity contribution in [1.82, 2.24) is 0 Å². The van der Waals surface area contributed by atoms with E-state index in [1.807, 2.05) is 30.3 Å². The molecule has 1 heteroatoms. The lowest BCUT2D eigenvalue weighted by Crippen LogP contribution is -1.89. The molecule has 0 spiro atoms. The van der Waals surface area contributed by atoms with Crippen molar-refractivity contribution in [2.24, 2.45) is 0 Å². The molecule has 80 valence electrons. The second kappa shape index (κ2) is 4.67. The zero-order valence-electron chi connectivity index (χ0n) is 9.35. The molecular weight excluding hydrogens is 194 g/mol. The average Bonchev–Trinajstić information content (AvgIpc) is 2.32. The molecule has 0 bridgehead atoms. The van der Waals surface area contributed by atoms with E-state index in [0.29, 0.717) is 0 Å². The number of aryl methyl sites for hydroxylation is 1. The Morgan fingerprint density at radius 2 is 1.69 bits per heavy atom. The number of nitrogen functional groups attached to an aromatic ring is 1. The van der Waals surface area contributed by atoms with Crippen LogP contribution in [0.5, 0.6) is 0 Å². The van der Waals surface area contributed by atoms with Gasteiger partial charge in [-0.1, -0.05) is 54.1 Å². The number of anilines is 1. The molecule has 1 nitrogen and oxygen atoms in total. The fourth-order valence-corrected chi connectivity index (χ4v) is 1.59. The van der Waals surface area contributed by atoms with Crippen LogP contribution in [0.2, 0.25) is 0 Å². The van der Waals surface area contributed by atoms with Crippen LogP contribution in [0, 0.1) is 6.92 Å². The van der Waals surface area contributed by atoms with Crippen LogP contribution in [0.1, 0.15) is 16.7 Å². The Morgan fingerprint density at radius 1 is 0.938 bits per heavy atom. The Bertz CT molecular complexity index is 498. The van der Waals surface area contributed by atoms with Crippen LogP contribution < -0.4 is 5.73 Å². The normalized spacial score (nSPS) is 10.8. The van der Waals surface area contributed by atoms with Gasteiger partial charge in [-0.2, -0.15) is 0 Å². The van der Waals surface area contributed by atoms with Crippen LogP contribution in [-0.2, 0) is 0 Å². The van der Waals surface area contributed by atoms with Crippen LogP contribution in [0.3, 0.4) is 0 Å². The lowest BCUT2D eigenvalue weighted by Gasteiger charge is -2.01. The molecule has 2 N–H and O–H groups in total. The average molecular weight is 209 g/mol. The summed E-state index contributed by atoms with van der Waals surface area (Å²) in [7, 11) is 0. The SMILES string of the molecule is Cc1ccc(N)c(C=Cc2ccccc2)c1. The van der Waals surface area contributed by atoms with Crippen LogP contribution >= 0.6 is 0 Å². The minimum absolute atomic E-state index is 0.817. The van der Waals surface area contributed by atoms with E-state index in [1.165, 1.54) is 11.1 Å². The van der Waals surface area contributed by atoms with Gasteiger partial charge in [-0.05, 0) is 30.2 Å². The zero-order chi connectivity index (χ0) is 11.4. The summed E-state index contributed by atoms with van der Waals surface area (Å²) < 4.78 is 0. The van der Waals surface area contributed by atoms with Crippen molar-refractivity contribution in [3.63, 3.8) is 0 Å². The smallest absolute Gasteiger partial charge is 0.0387 e. The van der Waals surface area contributed by atoms with Gasteiger partial charge in [-0.3, -0.25) is 0 Å². The molecule has 0 heterocycles. The van der Waals surface area contributed by atoms with Crippen LogP contribution in [0.15, 0.2) is 48.5 Å². The predicted octanol–water partition coefficient (Wildman–Crippen LogP) is 3.75. The molecule has 0 unspecified atom stereocenters. The molecule has 0 aliphatic heterocycles. The molecule has 0 saturated heterocycles. The Kier molecular flexibility index (Phi) is 3.06. The molecule has 2 aromatic rings. The standard InChI is InChI=1S/C15H15N/c1-12-7-10-15(16)14(11-12)9-8-13-5-3-2-4-6-13/h2-11H,16H2,1H3. The van der Waals surface area contributed by atoms with Gasteiger partial charge in [0.1, 0.15) is 0 Å². The van der Waals surface area contributed by atoms with Gasteiger partial charge in [0.2, 0.25) is 0 Å². The first-order valence-corrected chi connectivity index (χ1v) is 5.35. The van der Waals surface area contributed by atoms with Crippen molar-refractivity contribution < 1.29 is 0 Å². The summed E-state index contributed by atoms with van der Waals surface area (Å²) in [5.74, 6) is 0. The topological polar surface area (TPSA) is 26.0 Å². The lowest BCUT2D eigenvalue weighted by molar-refractivity contribution is 1.46. The molecule has 0 atom stereocenters. The van der Waals surface area contributed by atoms with Gasteiger partial charge in [0.05, 0.1) is 0 Å². The maximum atomic E-state index is 5.90. The molecule has 0 fully saturated rings. The summed E-state index contributed by atoms with van der Waals surface area (Å²) in [5.41, 5.74) is 10.2. The third-order valence-corrected chi connectivity index (χ3v) is 2.50. The van der Waals surface area contributed by atoms with E-state index >= 15 is 0 Å². The lowest BCUT2D eigenvalue weighted by atomic mass is 10.1. The summed E-state index contributed by atoms with van der Waals surface area (Å²) in [4.78, 5) is 0. The van der Waals surface area contributed by atoms with E-state index in [1.54, 1.807) is 0 Å². The summed E-state index contributed by atoms with van der Waals surface area (Å²) in [6.07, 6.45) is 4.13. The number of nitrogens with two attached hydrogens (primary N) is 1. The Morgan fingerprint density at radius 3 is 2.44 bits per heavy atom. The predicted molar refractivity (Wildman–Crippen MR) is 71.0 cm³/mol. The van der Waals surface area contributed by atoms with Gasteiger partial charge in [0.15, 0.2) is 0 Å². The van der Waals surface area contributed by atoms with Gasteiger partial charge in [-0.15, -0.1) is 0 Å². The zero-order valence-corrected chi connectivity index (χ0v) is 9.35. The second-order valence-corrected chi connectivity index (χ2v) is 3.88. The van der Waals surface area contributed by atoms with E-state index in [4.69, 9.17) is 5.73 Å². The third kappa shape index (κ3) is 2.51. The third-order valence-electron chi connectivity index (χ3n) is 2.50. The highest BCUT2D eigenvalue weighted by atomic mass is 14.5. The highest BCUT2D eigenvalue weighted by Gasteiger charge is 1.94. The fourth-order valence-electron chi connectivity index (χ4n) is 1.59. The number of hydrogen-bond donors (Lipinski definition) is 1. The van der Waals surface area contributed by atoms with Gasteiger partial charge >= 0.3 is 0 Å². The highest BCUT2D eigenvalue weighted by molar-refractivity contribution is 5.75. The van der Waals surface area contributed by atoms with E-state index < -0.39 is 0 Å². The molecule has 0 radical (unpaired) electrons. The minimum atomic E-state index is 0.817. The Hall–Kier alpha value is -2.02. The molecule has 0 aromatic heterocycles. The largest absolute Gasteiger partial charge is 0.398 e. The first-order chi connectivity index (χ1) is 7.75. The first kappa shape index (κ1) is 10.5. The number of rotatable bonds is 2. The maximum Gasteiger partial charge on any atom is 0.0387 e. The molecule has 0 aliphatic rings. The first-order valence-electron chi connectivity index (χ1n) is 5.35. The van der Waals surface area contributed by atoms with Gasteiger partial charge < -0.3 is 5.73 Å². The molecule has 0 saturated carbocycles. The van der Waals surface area contributed by atoms with Gasteiger partial charge in [0.25, 0.3) is 0 Å². The Labute approximate surface area is 96.2 Å². The monoisotopic (exact) mass is 209 g/mol. The van der Waals surface area contributed by atoms with E-state index in [-0.39, 0.29) is 0 Å². The van der Waals surface area contributed by atoms with Crippen LogP contribution in [-0.4, -0.2) is 0 Å². The number of hydrogen-bond acceptors (Lipinski definition) is 1. The van der Waals surface area contributed by atoms with E-state index in [2.05, 4.69) is 37.3 Å². The van der Waals surface area contributed by atoms with Crippen molar-refractivity contribution in [3.8, 4) is 0 Å². The van der Waals surface area contributed by atoms with E-state index in [9.17, 15) is 0 Å². The molecular formula is C15H15N. The summed E-state index contributed by atoms with van der Waals surface area (Å²) in [6.45, 7) is 2.07. The number of benzene rings is 2. The van der Waals surface area contributed by atoms with Crippen molar-refractivity contribution in [3.05, 3.63) is 65.2 Å². The summed E-state index contributed by atoms with van der Waals surface area (Å²) in [5, 5.41) is 0. The van der Waals surface area contributed by atoms with Crippen molar-refractivity contribution in [1.29, 1.82) is 0 Å². The van der Waals surface area contributed by atoms with Crippen molar-refractivity contribution >= 4 is 17.8 Å². The maximum absolute atomic E-state index is 5.90. The fraction of sp³-hybridized carbons (Fsp3) is 0.0667.